The summed E-state index contributed by atoms with van der Waals surface area (Å²) in [7, 11) is 1.64. The van der Waals surface area contributed by atoms with Crippen LogP contribution in [0.1, 0.15) is 12.5 Å². The molecule has 1 heterocycles. The van der Waals surface area contributed by atoms with Crippen molar-refractivity contribution in [3.63, 3.8) is 0 Å². The van der Waals surface area contributed by atoms with Crippen molar-refractivity contribution in [3.8, 4) is 22.8 Å². The molecule has 0 spiro atoms. The topological polar surface area (TPSA) is 69.0 Å². The summed E-state index contributed by atoms with van der Waals surface area (Å²) in [5.74, 6) is 1.57. The number of carbonyl (C=O) groups excluding carboxylic acids is 1. The molecule has 4 aromatic rings. The molecule has 1 amide bonds. The first kappa shape index (κ1) is 21.6. The van der Waals surface area contributed by atoms with E-state index in [-0.39, 0.29) is 11.7 Å². The number of benzene rings is 3. The fourth-order valence-electron chi connectivity index (χ4n) is 3.39. The van der Waals surface area contributed by atoms with E-state index in [2.05, 4.69) is 22.4 Å². The molecule has 0 aliphatic rings. The molecule has 0 aliphatic carbocycles. The molecule has 4 rings (SSSR count). The van der Waals surface area contributed by atoms with Crippen LogP contribution in [-0.2, 0) is 11.2 Å². The van der Waals surface area contributed by atoms with Crippen LogP contribution in [0, 0.1) is 0 Å². The van der Waals surface area contributed by atoms with Crippen LogP contribution >= 0.6 is 11.8 Å². The Hall–Kier alpha value is -3.58. The van der Waals surface area contributed by atoms with Crippen molar-refractivity contribution in [3.05, 3.63) is 84.4 Å². The molecule has 0 saturated carbocycles. The number of para-hydroxylation sites is 2. The number of amides is 1. The number of aromatic nitrogens is 3. The van der Waals surface area contributed by atoms with E-state index in [1.165, 1.54) is 11.8 Å². The lowest BCUT2D eigenvalue weighted by atomic mass is 10.1. The van der Waals surface area contributed by atoms with Crippen molar-refractivity contribution in [1.82, 2.24) is 14.8 Å². The highest BCUT2D eigenvalue weighted by molar-refractivity contribution is 7.99. The monoisotopic (exact) mass is 444 g/mol. The van der Waals surface area contributed by atoms with E-state index in [4.69, 9.17) is 4.74 Å². The quantitative estimate of drug-likeness (QED) is 0.377. The second-order valence-corrected chi connectivity index (χ2v) is 8.00. The number of methoxy groups -OCH3 is 1. The summed E-state index contributed by atoms with van der Waals surface area (Å²) in [6, 6.07) is 25.4. The Kier molecular flexibility index (Phi) is 6.87. The van der Waals surface area contributed by atoms with Crippen LogP contribution in [0.25, 0.3) is 17.1 Å². The molecule has 7 heteroatoms. The Bertz CT molecular complexity index is 1210. The van der Waals surface area contributed by atoms with Crippen molar-refractivity contribution >= 4 is 23.4 Å². The smallest absolute Gasteiger partial charge is 0.234 e. The highest BCUT2D eigenvalue weighted by Crippen LogP contribution is 2.29. The van der Waals surface area contributed by atoms with Gasteiger partial charge in [0.1, 0.15) is 5.75 Å². The molecule has 32 heavy (non-hydrogen) atoms. The Morgan fingerprint density at radius 3 is 2.56 bits per heavy atom. The lowest BCUT2D eigenvalue weighted by Crippen LogP contribution is -2.15. The van der Waals surface area contributed by atoms with Crippen LogP contribution in [0.2, 0.25) is 0 Å². The van der Waals surface area contributed by atoms with Gasteiger partial charge in [-0.25, -0.2) is 0 Å². The Morgan fingerprint density at radius 2 is 1.78 bits per heavy atom. The van der Waals surface area contributed by atoms with Crippen LogP contribution in [0.15, 0.2) is 84.0 Å². The van der Waals surface area contributed by atoms with E-state index >= 15 is 0 Å². The third kappa shape index (κ3) is 4.84. The number of thioether (sulfide) groups is 1. The SMILES string of the molecule is CCc1ccccc1NC(=O)CSc1nnc(-c2cccc(OC)c2)n1-c1ccccc1. The van der Waals surface area contributed by atoms with Gasteiger partial charge in [0.05, 0.1) is 12.9 Å². The standard InChI is InChI=1S/C25H24N4O2S/c1-3-18-10-7-8-15-22(18)26-23(30)17-32-25-28-27-24(19-11-9-14-21(16-19)31-2)29(25)20-12-5-4-6-13-20/h4-16H,3,17H2,1-2H3,(H,26,30). The number of carbonyl (C=O) groups is 1. The van der Waals surface area contributed by atoms with Crippen LogP contribution in [0.4, 0.5) is 5.69 Å². The molecule has 0 fully saturated rings. The molecule has 0 atom stereocenters. The number of hydrogen-bond acceptors (Lipinski definition) is 5. The molecule has 1 aromatic heterocycles. The lowest BCUT2D eigenvalue weighted by Gasteiger charge is -2.12. The second kappa shape index (κ2) is 10.2. The van der Waals surface area contributed by atoms with Crippen LogP contribution in [-0.4, -0.2) is 33.5 Å². The van der Waals surface area contributed by atoms with Gasteiger partial charge in [0.15, 0.2) is 11.0 Å². The van der Waals surface area contributed by atoms with Gasteiger partial charge in [0, 0.05) is 16.9 Å². The maximum atomic E-state index is 12.7. The Morgan fingerprint density at radius 1 is 1.00 bits per heavy atom. The number of nitrogens with zero attached hydrogens (tertiary/aromatic N) is 3. The van der Waals surface area contributed by atoms with Gasteiger partial charge in [-0.2, -0.15) is 0 Å². The molecular formula is C25H24N4O2S. The van der Waals surface area contributed by atoms with Crippen LogP contribution in [0.3, 0.4) is 0 Å². The van der Waals surface area contributed by atoms with Crippen molar-refractivity contribution in [2.75, 3.05) is 18.2 Å². The molecule has 0 aliphatic heterocycles. The molecule has 0 unspecified atom stereocenters. The summed E-state index contributed by atoms with van der Waals surface area (Å²) in [6.45, 7) is 2.07. The normalized spacial score (nSPS) is 10.7. The summed E-state index contributed by atoms with van der Waals surface area (Å²) in [5.41, 5.74) is 3.77. The number of anilines is 1. The minimum Gasteiger partial charge on any atom is -0.497 e. The van der Waals surface area contributed by atoms with Crippen LogP contribution < -0.4 is 10.1 Å². The van der Waals surface area contributed by atoms with Crippen LogP contribution in [0.5, 0.6) is 5.75 Å². The van der Waals surface area contributed by atoms with Gasteiger partial charge in [-0.05, 0) is 42.3 Å². The van der Waals surface area contributed by atoms with E-state index in [9.17, 15) is 4.79 Å². The molecular weight excluding hydrogens is 420 g/mol. The summed E-state index contributed by atoms with van der Waals surface area (Å²) in [4.78, 5) is 12.7. The second-order valence-electron chi connectivity index (χ2n) is 7.06. The van der Waals surface area contributed by atoms with Gasteiger partial charge < -0.3 is 10.1 Å². The highest BCUT2D eigenvalue weighted by atomic mass is 32.2. The largest absolute Gasteiger partial charge is 0.497 e. The maximum Gasteiger partial charge on any atom is 0.234 e. The zero-order valence-corrected chi connectivity index (χ0v) is 18.8. The average Bonchev–Trinajstić information content (AvgIpc) is 3.27. The van der Waals surface area contributed by atoms with Crippen molar-refractivity contribution in [2.24, 2.45) is 0 Å². The van der Waals surface area contributed by atoms with Crippen molar-refractivity contribution in [1.29, 1.82) is 0 Å². The van der Waals surface area contributed by atoms with E-state index < -0.39 is 0 Å². The first-order chi connectivity index (χ1) is 15.7. The van der Waals surface area contributed by atoms with E-state index in [0.29, 0.717) is 11.0 Å². The molecule has 0 bridgehead atoms. The number of nitrogens with one attached hydrogen (secondary N) is 1. The number of hydrogen-bond donors (Lipinski definition) is 1. The van der Waals surface area contributed by atoms with Crippen molar-refractivity contribution in [2.45, 2.75) is 18.5 Å². The zero-order chi connectivity index (χ0) is 22.3. The number of ether oxygens (including phenoxy) is 1. The fourth-order valence-corrected chi connectivity index (χ4v) is 4.14. The predicted octanol–water partition coefficient (Wildman–Crippen LogP) is 5.24. The van der Waals surface area contributed by atoms with Gasteiger partial charge in [-0.3, -0.25) is 9.36 Å². The molecule has 0 saturated heterocycles. The van der Waals surface area contributed by atoms with Gasteiger partial charge in [0.2, 0.25) is 5.91 Å². The number of aryl methyl sites for hydroxylation is 1. The maximum absolute atomic E-state index is 12.7. The minimum atomic E-state index is -0.0820. The van der Waals surface area contributed by atoms with Gasteiger partial charge in [-0.15, -0.1) is 10.2 Å². The average molecular weight is 445 g/mol. The van der Waals surface area contributed by atoms with Gasteiger partial charge in [0.25, 0.3) is 0 Å². The molecule has 0 radical (unpaired) electrons. The van der Waals surface area contributed by atoms with E-state index in [1.807, 2.05) is 83.4 Å². The third-order valence-corrected chi connectivity index (χ3v) is 5.91. The first-order valence-electron chi connectivity index (χ1n) is 10.4. The fraction of sp³-hybridized carbons (Fsp3) is 0.160. The lowest BCUT2D eigenvalue weighted by molar-refractivity contribution is -0.113. The zero-order valence-electron chi connectivity index (χ0n) is 18.0. The third-order valence-electron chi connectivity index (χ3n) is 4.98. The summed E-state index contributed by atoms with van der Waals surface area (Å²) in [5, 5.41) is 12.5. The van der Waals surface area contributed by atoms with E-state index in [0.717, 1.165) is 34.7 Å². The number of rotatable bonds is 8. The first-order valence-corrected chi connectivity index (χ1v) is 11.3. The molecule has 3 aromatic carbocycles. The summed E-state index contributed by atoms with van der Waals surface area (Å²) < 4.78 is 7.33. The molecule has 1 N–H and O–H groups in total. The minimum absolute atomic E-state index is 0.0820. The molecule has 162 valence electrons. The predicted molar refractivity (Wildman–Crippen MR) is 129 cm³/mol. The van der Waals surface area contributed by atoms with E-state index in [1.54, 1.807) is 7.11 Å². The highest BCUT2D eigenvalue weighted by Gasteiger charge is 2.18. The van der Waals surface area contributed by atoms with Crippen molar-refractivity contribution < 1.29 is 9.53 Å². The molecule has 6 nitrogen and oxygen atoms in total. The summed E-state index contributed by atoms with van der Waals surface area (Å²) in [6.07, 6.45) is 0.857. The Balaban J connectivity index is 1.60. The Labute approximate surface area is 191 Å². The summed E-state index contributed by atoms with van der Waals surface area (Å²) >= 11 is 1.35. The van der Waals surface area contributed by atoms with Gasteiger partial charge in [-0.1, -0.05) is 67.2 Å². The van der Waals surface area contributed by atoms with Gasteiger partial charge >= 0.3 is 0 Å².